The summed E-state index contributed by atoms with van der Waals surface area (Å²) < 4.78 is 36.5. The van der Waals surface area contributed by atoms with Gasteiger partial charge in [-0.1, -0.05) is 15.9 Å². The van der Waals surface area contributed by atoms with Crippen molar-refractivity contribution in [1.29, 1.82) is 0 Å². The van der Waals surface area contributed by atoms with Gasteiger partial charge in [0.15, 0.2) is 4.91 Å². The van der Waals surface area contributed by atoms with Gasteiger partial charge in [-0.2, -0.15) is 0 Å². The van der Waals surface area contributed by atoms with Crippen LogP contribution < -0.4 is 10.1 Å². The summed E-state index contributed by atoms with van der Waals surface area (Å²) in [6.07, 6.45) is 1.14. The Labute approximate surface area is 160 Å². The minimum Gasteiger partial charge on any atom is -0.497 e. The van der Waals surface area contributed by atoms with Crippen LogP contribution in [0.15, 0.2) is 69.0 Å². The number of carbonyl (C=O) groups excluding carboxylic acids is 1. The van der Waals surface area contributed by atoms with Crippen molar-refractivity contribution in [3.8, 4) is 5.75 Å². The average molecular weight is 440 g/mol. The standard InChI is InChI=1S/C18H18BrNO5S/c1-3-25-18(21)17(12-20-14-6-4-13(19)5-7-14)26(22,23)16-10-8-15(24-2)9-11-16/h4-12,20H,3H2,1-2H3/b17-12-. The summed E-state index contributed by atoms with van der Waals surface area (Å²) in [4.78, 5) is 11.7. The summed E-state index contributed by atoms with van der Waals surface area (Å²) in [5.41, 5.74) is 0.625. The van der Waals surface area contributed by atoms with Crippen LogP contribution in [0.25, 0.3) is 0 Å². The van der Waals surface area contributed by atoms with Gasteiger partial charge in [0.25, 0.3) is 0 Å². The molecular weight excluding hydrogens is 422 g/mol. The molecule has 2 rings (SSSR count). The molecule has 0 aromatic heterocycles. The first-order valence-electron chi connectivity index (χ1n) is 7.67. The molecule has 1 N–H and O–H groups in total. The average Bonchev–Trinajstić information content (AvgIpc) is 2.63. The third-order valence-electron chi connectivity index (χ3n) is 3.35. The van der Waals surface area contributed by atoms with Crippen molar-refractivity contribution in [3.05, 3.63) is 64.1 Å². The van der Waals surface area contributed by atoms with E-state index < -0.39 is 20.7 Å². The Kier molecular flexibility index (Phi) is 6.82. The van der Waals surface area contributed by atoms with Gasteiger partial charge in [0.1, 0.15) is 5.75 Å². The lowest BCUT2D eigenvalue weighted by Gasteiger charge is -2.10. The van der Waals surface area contributed by atoms with E-state index in [1.54, 1.807) is 31.2 Å². The van der Waals surface area contributed by atoms with Gasteiger partial charge in [-0.25, -0.2) is 13.2 Å². The Balaban J connectivity index is 2.40. The first-order valence-corrected chi connectivity index (χ1v) is 9.94. The summed E-state index contributed by atoms with van der Waals surface area (Å²) in [5, 5.41) is 2.82. The van der Waals surface area contributed by atoms with Crippen molar-refractivity contribution in [2.24, 2.45) is 0 Å². The Morgan fingerprint density at radius 2 is 1.73 bits per heavy atom. The van der Waals surface area contributed by atoms with Gasteiger partial charge in [0.05, 0.1) is 18.6 Å². The number of methoxy groups -OCH3 is 1. The minimum absolute atomic E-state index is 0.0322. The zero-order valence-electron chi connectivity index (χ0n) is 14.2. The molecule has 2 aromatic rings. The fourth-order valence-corrected chi connectivity index (χ4v) is 3.53. The summed E-state index contributed by atoms with van der Waals surface area (Å²) in [5.74, 6) is -0.411. The topological polar surface area (TPSA) is 81.7 Å². The van der Waals surface area contributed by atoms with E-state index in [-0.39, 0.29) is 11.5 Å². The van der Waals surface area contributed by atoms with Crippen LogP contribution in [0, 0.1) is 0 Å². The van der Waals surface area contributed by atoms with Gasteiger partial charge in [-0.15, -0.1) is 0 Å². The van der Waals surface area contributed by atoms with E-state index in [1.165, 1.54) is 31.4 Å². The van der Waals surface area contributed by atoms with Crippen molar-refractivity contribution in [2.45, 2.75) is 11.8 Å². The predicted molar refractivity (Wildman–Crippen MR) is 103 cm³/mol. The molecule has 0 spiro atoms. The lowest BCUT2D eigenvalue weighted by molar-refractivity contribution is -0.137. The number of benzene rings is 2. The Morgan fingerprint density at radius 3 is 2.27 bits per heavy atom. The van der Waals surface area contributed by atoms with Crippen LogP contribution >= 0.6 is 15.9 Å². The number of halogens is 1. The number of nitrogens with one attached hydrogen (secondary N) is 1. The second kappa shape index (κ2) is 8.86. The fourth-order valence-electron chi connectivity index (χ4n) is 2.03. The molecule has 8 heteroatoms. The van der Waals surface area contributed by atoms with Gasteiger partial charge in [0.2, 0.25) is 9.84 Å². The highest BCUT2D eigenvalue weighted by molar-refractivity contribution is 9.10. The molecule has 26 heavy (non-hydrogen) atoms. The third kappa shape index (κ3) is 4.86. The lowest BCUT2D eigenvalue weighted by atomic mass is 10.3. The van der Waals surface area contributed by atoms with Crippen LogP contribution in [0.2, 0.25) is 0 Å². The Morgan fingerprint density at radius 1 is 1.12 bits per heavy atom. The van der Waals surface area contributed by atoms with E-state index in [0.717, 1.165) is 10.7 Å². The highest BCUT2D eigenvalue weighted by atomic mass is 79.9. The van der Waals surface area contributed by atoms with Crippen LogP contribution in [0.1, 0.15) is 6.92 Å². The number of carbonyl (C=O) groups is 1. The monoisotopic (exact) mass is 439 g/mol. The summed E-state index contributed by atoms with van der Waals surface area (Å²) in [7, 11) is -2.58. The SMILES string of the molecule is CCOC(=O)/C(=C/Nc1ccc(Br)cc1)S(=O)(=O)c1ccc(OC)cc1. The van der Waals surface area contributed by atoms with Crippen LogP contribution in [-0.4, -0.2) is 28.1 Å². The predicted octanol–water partition coefficient (Wildman–Crippen LogP) is 3.75. The van der Waals surface area contributed by atoms with Gasteiger partial charge < -0.3 is 14.8 Å². The van der Waals surface area contributed by atoms with Gasteiger partial charge >= 0.3 is 5.97 Å². The highest BCUT2D eigenvalue weighted by Gasteiger charge is 2.28. The van der Waals surface area contributed by atoms with Gasteiger partial charge in [0, 0.05) is 16.4 Å². The molecule has 0 saturated heterocycles. The van der Waals surface area contributed by atoms with Crippen LogP contribution in [0.5, 0.6) is 5.75 Å². The molecule has 0 aliphatic rings. The largest absolute Gasteiger partial charge is 0.497 e. The van der Waals surface area contributed by atoms with Gasteiger partial charge in [-0.05, 0) is 55.5 Å². The smallest absolute Gasteiger partial charge is 0.351 e. The Hall–Kier alpha value is -2.32. The third-order valence-corrected chi connectivity index (χ3v) is 5.63. The molecule has 0 aliphatic heterocycles. The first kappa shape index (κ1) is 20.0. The van der Waals surface area contributed by atoms with Crippen molar-refractivity contribution in [2.75, 3.05) is 19.0 Å². The number of sulfone groups is 1. The molecule has 0 aliphatic carbocycles. The number of rotatable bonds is 7. The summed E-state index contributed by atoms with van der Waals surface area (Å²) in [6, 6.07) is 12.8. The van der Waals surface area contributed by atoms with Gasteiger partial charge in [-0.3, -0.25) is 0 Å². The molecule has 0 heterocycles. The molecule has 0 amide bonds. The van der Waals surface area contributed by atoms with Crippen LogP contribution in [0.4, 0.5) is 5.69 Å². The molecule has 0 radical (unpaired) electrons. The Bertz CT molecular complexity index is 890. The maximum atomic E-state index is 12.9. The first-order chi connectivity index (χ1) is 12.4. The van der Waals surface area contributed by atoms with E-state index in [2.05, 4.69) is 21.2 Å². The van der Waals surface area contributed by atoms with Crippen molar-refractivity contribution >= 4 is 37.4 Å². The molecule has 2 aromatic carbocycles. The van der Waals surface area contributed by atoms with E-state index in [1.807, 2.05) is 0 Å². The zero-order chi connectivity index (χ0) is 19.2. The lowest BCUT2D eigenvalue weighted by Crippen LogP contribution is -2.18. The molecule has 6 nitrogen and oxygen atoms in total. The molecule has 0 saturated carbocycles. The molecule has 0 bridgehead atoms. The summed E-state index contributed by atoms with van der Waals surface area (Å²) >= 11 is 3.32. The normalized spacial score (nSPS) is 11.7. The molecule has 0 fully saturated rings. The highest BCUT2D eigenvalue weighted by Crippen LogP contribution is 2.23. The number of hydrogen-bond donors (Lipinski definition) is 1. The minimum atomic E-state index is -4.07. The second-order valence-electron chi connectivity index (χ2n) is 5.06. The van der Waals surface area contributed by atoms with Crippen LogP contribution in [-0.2, 0) is 19.4 Å². The van der Waals surface area contributed by atoms with Crippen molar-refractivity contribution in [1.82, 2.24) is 0 Å². The number of hydrogen-bond acceptors (Lipinski definition) is 6. The summed E-state index contributed by atoms with van der Waals surface area (Å²) in [6.45, 7) is 1.67. The molecular formula is C18H18BrNO5S. The van der Waals surface area contributed by atoms with Crippen molar-refractivity contribution in [3.63, 3.8) is 0 Å². The van der Waals surface area contributed by atoms with E-state index in [0.29, 0.717) is 11.4 Å². The van der Waals surface area contributed by atoms with Crippen LogP contribution in [0.3, 0.4) is 0 Å². The fraction of sp³-hybridized carbons (Fsp3) is 0.167. The van der Waals surface area contributed by atoms with E-state index in [9.17, 15) is 13.2 Å². The number of esters is 1. The number of anilines is 1. The maximum Gasteiger partial charge on any atom is 0.351 e. The van der Waals surface area contributed by atoms with E-state index in [4.69, 9.17) is 9.47 Å². The molecule has 0 unspecified atom stereocenters. The molecule has 0 atom stereocenters. The second-order valence-corrected chi connectivity index (χ2v) is 7.89. The zero-order valence-corrected chi connectivity index (χ0v) is 16.6. The maximum absolute atomic E-state index is 12.9. The van der Waals surface area contributed by atoms with E-state index >= 15 is 0 Å². The van der Waals surface area contributed by atoms with Crippen molar-refractivity contribution < 1.29 is 22.7 Å². The quantitative estimate of drug-likeness (QED) is 0.522. The number of ether oxygens (including phenoxy) is 2. The molecule has 138 valence electrons.